The maximum Gasteiger partial charge on any atom is 0.106 e. The van der Waals surface area contributed by atoms with Gasteiger partial charge >= 0.3 is 0 Å². The molecule has 19 heavy (non-hydrogen) atoms. The first kappa shape index (κ1) is 16.4. The van der Waals surface area contributed by atoms with Crippen molar-refractivity contribution in [2.75, 3.05) is 19.8 Å². The molecular weight excluding hydrogens is 240 g/mol. The Balaban J connectivity index is 2.14. The Morgan fingerprint density at radius 1 is 1.32 bits per heavy atom. The molecule has 1 rings (SSSR count). The van der Waals surface area contributed by atoms with E-state index in [4.69, 9.17) is 9.47 Å². The highest BCUT2D eigenvalue weighted by molar-refractivity contribution is 5.07. The number of hydrogen-bond acceptors (Lipinski definition) is 4. The molecule has 4 heteroatoms. The van der Waals surface area contributed by atoms with E-state index in [1.165, 1.54) is 12.8 Å². The zero-order chi connectivity index (χ0) is 14.3. The minimum Gasteiger partial charge on any atom is -0.379 e. The van der Waals surface area contributed by atoms with E-state index in [0.29, 0.717) is 31.6 Å². The summed E-state index contributed by atoms with van der Waals surface area (Å²) in [6.07, 6.45) is 3.16. The van der Waals surface area contributed by atoms with Gasteiger partial charge in [0.1, 0.15) is 5.54 Å². The van der Waals surface area contributed by atoms with Crippen LogP contribution in [0.5, 0.6) is 0 Å². The lowest BCUT2D eigenvalue weighted by Gasteiger charge is -2.26. The topological polar surface area (TPSA) is 54.3 Å². The summed E-state index contributed by atoms with van der Waals surface area (Å²) in [6.45, 7) is 10.2. The van der Waals surface area contributed by atoms with Crippen LogP contribution in [-0.4, -0.2) is 37.5 Å². The van der Waals surface area contributed by atoms with Gasteiger partial charge in [-0.2, -0.15) is 5.26 Å². The third-order valence-electron chi connectivity index (χ3n) is 3.12. The van der Waals surface area contributed by atoms with E-state index in [9.17, 15) is 5.26 Å². The molecule has 2 unspecified atom stereocenters. The fourth-order valence-corrected chi connectivity index (χ4v) is 2.08. The number of nitrogens with zero attached hydrogens (tertiary/aromatic N) is 1. The lowest BCUT2D eigenvalue weighted by molar-refractivity contribution is -0.00270. The molecular formula is C15H28N2O2. The van der Waals surface area contributed by atoms with Crippen molar-refractivity contribution < 1.29 is 9.47 Å². The average Bonchev–Trinajstić information content (AvgIpc) is 3.11. The van der Waals surface area contributed by atoms with E-state index >= 15 is 0 Å². The van der Waals surface area contributed by atoms with Crippen molar-refractivity contribution in [3.05, 3.63) is 0 Å². The molecule has 0 radical (unpaired) electrons. The van der Waals surface area contributed by atoms with Crippen LogP contribution >= 0.6 is 0 Å². The van der Waals surface area contributed by atoms with Crippen LogP contribution in [0.3, 0.4) is 0 Å². The van der Waals surface area contributed by atoms with Gasteiger partial charge in [0.15, 0.2) is 0 Å². The van der Waals surface area contributed by atoms with E-state index < -0.39 is 5.54 Å². The first-order valence-corrected chi connectivity index (χ1v) is 7.33. The summed E-state index contributed by atoms with van der Waals surface area (Å²) < 4.78 is 11.2. The van der Waals surface area contributed by atoms with Crippen molar-refractivity contribution in [1.29, 1.82) is 5.26 Å². The number of ether oxygens (including phenoxy) is 2. The van der Waals surface area contributed by atoms with Gasteiger partial charge < -0.3 is 9.47 Å². The summed E-state index contributed by atoms with van der Waals surface area (Å²) in [5.74, 6) is 0.557. The summed E-state index contributed by atoms with van der Waals surface area (Å²) in [5, 5.41) is 12.7. The number of nitrogens with one attached hydrogen (secondary N) is 1. The van der Waals surface area contributed by atoms with E-state index in [1.54, 1.807) is 0 Å². The first-order valence-electron chi connectivity index (χ1n) is 7.33. The molecule has 1 aliphatic rings. The monoisotopic (exact) mass is 268 g/mol. The van der Waals surface area contributed by atoms with Gasteiger partial charge in [0.2, 0.25) is 0 Å². The van der Waals surface area contributed by atoms with E-state index in [0.717, 1.165) is 6.61 Å². The largest absolute Gasteiger partial charge is 0.379 e. The molecule has 0 spiro atoms. The van der Waals surface area contributed by atoms with Crippen molar-refractivity contribution >= 4 is 0 Å². The molecule has 1 fully saturated rings. The highest BCUT2D eigenvalue weighted by Crippen LogP contribution is 2.24. The Morgan fingerprint density at radius 2 is 2.00 bits per heavy atom. The van der Waals surface area contributed by atoms with Gasteiger partial charge in [-0.15, -0.1) is 0 Å². The second-order valence-electron chi connectivity index (χ2n) is 6.22. The van der Waals surface area contributed by atoms with Crippen molar-refractivity contribution in [2.45, 2.75) is 64.6 Å². The Bertz CT molecular complexity index is 297. The number of rotatable bonds is 10. The summed E-state index contributed by atoms with van der Waals surface area (Å²) in [7, 11) is 0. The molecule has 0 saturated heterocycles. The van der Waals surface area contributed by atoms with E-state index in [-0.39, 0.29) is 6.10 Å². The summed E-state index contributed by atoms with van der Waals surface area (Å²) >= 11 is 0. The maximum atomic E-state index is 9.29. The van der Waals surface area contributed by atoms with Gasteiger partial charge in [0.25, 0.3) is 0 Å². The smallest absolute Gasteiger partial charge is 0.106 e. The van der Waals surface area contributed by atoms with Crippen LogP contribution in [0, 0.1) is 17.2 Å². The molecule has 0 aromatic carbocycles. The SMILES string of the molecule is CC(C)COCCOC(C)CC(C)(C#N)NC1CC1. The van der Waals surface area contributed by atoms with Crippen LogP contribution in [0.1, 0.15) is 47.0 Å². The maximum absolute atomic E-state index is 9.29. The standard InChI is InChI=1S/C15H28N2O2/c1-12(2)10-18-7-8-19-13(3)9-15(4,11-16)17-14-5-6-14/h12-14,17H,5-10H2,1-4H3. The van der Waals surface area contributed by atoms with Crippen LogP contribution in [0.15, 0.2) is 0 Å². The Labute approximate surface area is 117 Å². The molecule has 0 aromatic rings. The summed E-state index contributed by atoms with van der Waals surface area (Å²) in [6, 6.07) is 2.91. The van der Waals surface area contributed by atoms with Crippen LogP contribution in [0.2, 0.25) is 0 Å². The number of hydrogen-bond donors (Lipinski definition) is 1. The fraction of sp³-hybridized carbons (Fsp3) is 0.933. The second kappa shape index (κ2) is 7.84. The molecule has 0 bridgehead atoms. The van der Waals surface area contributed by atoms with E-state index in [2.05, 4.69) is 25.2 Å². The zero-order valence-electron chi connectivity index (χ0n) is 12.7. The molecule has 2 atom stereocenters. The van der Waals surface area contributed by atoms with Crippen molar-refractivity contribution in [1.82, 2.24) is 5.32 Å². The highest BCUT2D eigenvalue weighted by atomic mass is 16.5. The third-order valence-corrected chi connectivity index (χ3v) is 3.12. The Hall–Kier alpha value is -0.630. The van der Waals surface area contributed by atoms with Crippen molar-refractivity contribution in [3.63, 3.8) is 0 Å². The lowest BCUT2D eigenvalue weighted by Crippen LogP contribution is -2.45. The molecule has 110 valence electrons. The second-order valence-corrected chi connectivity index (χ2v) is 6.22. The van der Waals surface area contributed by atoms with Crippen LogP contribution in [0.25, 0.3) is 0 Å². The van der Waals surface area contributed by atoms with Crippen LogP contribution in [0.4, 0.5) is 0 Å². The molecule has 0 aromatic heterocycles. The minimum atomic E-state index is -0.473. The van der Waals surface area contributed by atoms with Crippen LogP contribution in [-0.2, 0) is 9.47 Å². The predicted octanol–water partition coefficient (Wildman–Crippen LogP) is 2.49. The Kier molecular flexibility index (Phi) is 6.78. The number of nitriles is 1. The molecule has 1 saturated carbocycles. The van der Waals surface area contributed by atoms with Gasteiger partial charge in [0.05, 0.1) is 25.4 Å². The normalized spacial score (nSPS) is 20.0. The third kappa shape index (κ3) is 7.51. The van der Waals surface area contributed by atoms with Gasteiger partial charge in [-0.1, -0.05) is 13.8 Å². The van der Waals surface area contributed by atoms with Gasteiger partial charge in [-0.3, -0.25) is 5.32 Å². The first-order chi connectivity index (χ1) is 8.95. The van der Waals surface area contributed by atoms with Crippen LogP contribution < -0.4 is 5.32 Å². The van der Waals surface area contributed by atoms with Gasteiger partial charge in [-0.25, -0.2) is 0 Å². The van der Waals surface area contributed by atoms with Gasteiger partial charge in [-0.05, 0) is 32.6 Å². The molecule has 1 aliphatic carbocycles. The highest BCUT2D eigenvalue weighted by Gasteiger charge is 2.33. The minimum absolute atomic E-state index is 0.0681. The van der Waals surface area contributed by atoms with E-state index in [1.807, 2.05) is 13.8 Å². The van der Waals surface area contributed by atoms with Crippen molar-refractivity contribution in [3.8, 4) is 6.07 Å². The predicted molar refractivity (Wildman–Crippen MR) is 75.9 cm³/mol. The Morgan fingerprint density at radius 3 is 2.53 bits per heavy atom. The quantitative estimate of drug-likeness (QED) is 0.618. The van der Waals surface area contributed by atoms with Gasteiger partial charge in [0, 0.05) is 19.1 Å². The zero-order valence-corrected chi connectivity index (χ0v) is 12.7. The molecule has 0 aliphatic heterocycles. The fourth-order valence-electron chi connectivity index (χ4n) is 2.08. The molecule has 4 nitrogen and oxygen atoms in total. The molecule has 0 amide bonds. The summed E-state index contributed by atoms with van der Waals surface area (Å²) in [4.78, 5) is 0. The van der Waals surface area contributed by atoms with Crippen molar-refractivity contribution in [2.24, 2.45) is 5.92 Å². The molecule has 0 heterocycles. The average molecular weight is 268 g/mol. The molecule has 1 N–H and O–H groups in total. The summed E-state index contributed by atoms with van der Waals surface area (Å²) in [5.41, 5.74) is -0.473. The lowest BCUT2D eigenvalue weighted by atomic mass is 9.96.